The van der Waals surface area contributed by atoms with Gasteiger partial charge >= 0.3 is 5.97 Å². The van der Waals surface area contributed by atoms with Crippen LogP contribution in [-0.2, 0) is 4.79 Å². The van der Waals surface area contributed by atoms with Crippen molar-refractivity contribution in [1.82, 2.24) is 0 Å². The lowest BCUT2D eigenvalue weighted by atomic mass is 10.0. The van der Waals surface area contributed by atoms with Crippen molar-refractivity contribution in [3.8, 4) is 11.5 Å². The Bertz CT molecular complexity index is 882. The van der Waals surface area contributed by atoms with E-state index >= 15 is 0 Å². The maximum Gasteiger partial charge on any atom is 0.328 e. The topological polar surface area (TPSA) is 76.0 Å². The number of carboxylic acids is 1. The standard InChI is InChI=1S/C19H14O5/c20-14-10-11-19(13(14)6-3-9-17(21)22)23-15-7-1-4-12-5-2-8-16(24-19)18(12)15/h1-11,14,20H,(H,21,22)/b9-3+,13-6+/t14-/m0/s1. The number of carbonyl (C=O) groups is 1. The Morgan fingerprint density at radius 2 is 1.79 bits per heavy atom. The molecule has 1 atom stereocenters. The summed E-state index contributed by atoms with van der Waals surface area (Å²) in [5.41, 5.74) is 0.423. The molecule has 0 amide bonds. The number of ether oxygens (including phenoxy) is 2. The van der Waals surface area contributed by atoms with Crippen LogP contribution in [0.15, 0.2) is 72.4 Å². The SMILES string of the molecule is O=C(O)/C=C/C=C1\[C@@H](O)C=CC12Oc1cccc3cccc(c13)O2. The van der Waals surface area contributed by atoms with E-state index in [1.807, 2.05) is 36.4 Å². The average Bonchev–Trinajstić information content (AvgIpc) is 2.84. The number of hydrogen-bond donors (Lipinski definition) is 2. The van der Waals surface area contributed by atoms with Crippen molar-refractivity contribution in [3.63, 3.8) is 0 Å². The average molecular weight is 322 g/mol. The molecule has 1 spiro atoms. The Labute approximate surface area is 137 Å². The maximum absolute atomic E-state index is 10.7. The zero-order valence-electron chi connectivity index (χ0n) is 12.5. The van der Waals surface area contributed by atoms with Gasteiger partial charge < -0.3 is 19.7 Å². The summed E-state index contributed by atoms with van der Waals surface area (Å²) in [6.45, 7) is 0. The molecule has 0 saturated heterocycles. The van der Waals surface area contributed by atoms with Crippen molar-refractivity contribution in [3.05, 3.63) is 72.4 Å². The highest BCUT2D eigenvalue weighted by atomic mass is 16.7. The van der Waals surface area contributed by atoms with Gasteiger partial charge in [-0.1, -0.05) is 36.4 Å². The van der Waals surface area contributed by atoms with Gasteiger partial charge in [-0.25, -0.2) is 4.79 Å². The highest BCUT2D eigenvalue weighted by Crippen LogP contribution is 2.46. The van der Waals surface area contributed by atoms with E-state index in [0.717, 1.165) is 16.8 Å². The Morgan fingerprint density at radius 1 is 1.12 bits per heavy atom. The van der Waals surface area contributed by atoms with Gasteiger partial charge in [-0.05, 0) is 23.6 Å². The van der Waals surface area contributed by atoms with Crippen LogP contribution in [0.4, 0.5) is 0 Å². The van der Waals surface area contributed by atoms with E-state index in [1.54, 1.807) is 12.2 Å². The van der Waals surface area contributed by atoms with Crippen LogP contribution in [0, 0.1) is 0 Å². The van der Waals surface area contributed by atoms with E-state index in [9.17, 15) is 9.90 Å². The van der Waals surface area contributed by atoms with E-state index in [2.05, 4.69) is 0 Å². The molecule has 1 heterocycles. The molecule has 1 aliphatic heterocycles. The highest BCUT2D eigenvalue weighted by Gasteiger charge is 2.46. The lowest BCUT2D eigenvalue weighted by Gasteiger charge is -2.36. The summed E-state index contributed by atoms with van der Waals surface area (Å²) in [5.74, 6) is -1.03. The van der Waals surface area contributed by atoms with Crippen LogP contribution >= 0.6 is 0 Å². The molecule has 5 nitrogen and oxygen atoms in total. The van der Waals surface area contributed by atoms with Gasteiger partial charge in [-0.2, -0.15) is 0 Å². The molecule has 0 fully saturated rings. The predicted octanol–water partition coefficient (Wildman–Crippen LogP) is 2.81. The molecule has 0 radical (unpaired) electrons. The van der Waals surface area contributed by atoms with Gasteiger partial charge in [0.2, 0.25) is 0 Å². The van der Waals surface area contributed by atoms with E-state index in [-0.39, 0.29) is 0 Å². The number of rotatable bonds is 2. The molecule has 0 unspecified atom stereocenters. The minimum Gasteiger partial charge on any atom is -0.478 e. The molecule has 5 heteroatoms. The molecule has 1 aliphatic carbocycles. The van der Waals surface area contributed by atoms with Crippen molar-refractivity contribution in [2.24, 2.45) is 0 Å². The lowest BCUT2D eigenvalue weighted by Crippen LogP contribution is -2.44. The van der Waals surface area contributed by atoms with Crippen molar-refractivity contribution in [2.45, 2.75) is 11.9 Å². The minimum absolute atomic E-state index is 0.423. The Kier molecular flexibility index (Phi) is 3.18. The first-order valence-corrected chi connectivity index (χ1v) is 7.48. The van der Waals surface area contributed by atoms with Crippen LogP contribution < -0.4 is 9.47 Å². The fourth-order valence-corrected chi connectivity index (χ4v) is 3.05. The number of allylic oxidation sites excluding steroid dienone is 2. The molecule has 2 aromatic carbocycles. The number of hydrogen-bond acceptors (Lipinski definition) is 4. The second-order valence-electron chi connectivity index (χ2n) is 5.61. The summed E-state index contributed by atoms with van der Waals surface area (Å²) in [4.78, 5) is 10.7. The third-order valence-electron chi connectivity index (χ3n) is 4.08. The van der Waals surface area contributed by atoms with Crippen molar-refractivity contribution in [2.75, 3.05) is 0 Å². The van der Waals surface area contributed by atoms with Crippen molar-refractivity contribution < 1.29 is 24.5 Å². The molecule has 0 bridgehead atoms. The summed E-state index contributed by atoms with van der Waals surface area (Å²) in [6, 6.07) is 11.4. The number of aliphatic hydroxyl groups excluding tert-OH is 1. The molecule has 4 rings (SSSR count). The molecular weight excluding hydrogens is 308 g/mol. The summed E-state index contributed by atoms with van der Waals surface area (Å²) in [7, 11) is 0. The van der Waals surface area contributed by atoms with E-state index in [4.69, 9.17) is 14.6 Å². The van der Waals surface area contributed by atoms with Crippen LogP contribution in [0.1, 0.15) is 0 Å². The maximum atomic E-state index is 10.7. The van der Waals surface area contributed by atoms with Crippen LogP contribution in [0.2, 0.25) is 0 Å². The lowest BCUT2D eigenvalue weighted by molar-refractivity contribution is -0.131. The van der Waals surface area contributed by atoms with Gasteiger partial charge in [0.05, 0.1) is 11.0 Å². The number of aliphatic hydroxyl groups is 1. The zero-order valence-corrected chi connectivity index (χ0v) is 12.5. The second-order valence-corrected chi connectivity index (χ2v) is 5.61. The molecule has 0 aromatic heterocycles. The summed E-state index contributed by atoms with van der Waals surface area (Å²) in [6.07, 6.45) is 6.15. The summed E-state index contributed by atoms with van der Waals surface area (Å²) >= 11 is 0. The third kappa shape index (κ3) is 2.18. The first kappa shape index (κ1) is 14.5. The first-order chi connectivity index (χ1) is 11.6. The molecule has 2 N–H and O–H groups in total. The Balaban J connectivity index is 1.81. The van der Waals surface area contributed by atoms with E-state index in [0.29, 0.717) is 17.1 Å². The fourth-order valence-electron chi connectivity index (χ4n) is 3.05. The van der Waals surface area contributed by atoms with Crippen LogP contribution in [0.25, 0.3) is 10.8 Å². The molecule has 24 heavy (non-hydrogen) atoms. The van der Waals surface area contributed by atoms with Crippen LogP contribution in [-0.4, -0.2) is 28.1 Å². The van der Waals surface area contributed by atoms with Gasteiger partial charge in [0, 0.05) is 12.2 Å². The third-order valence-corrected chi connectivity index (χ3v) is 4.08. The first-order valence-electron chi connectivity index (χ1n) is 7.48. The number of aliphatic carboxylic acids is 1. The minimum atomic E-state index is -1.27. The van der Waals surface area contributed by atoms with Crippen molar-refractivity contribution >= 4 is 16.7 Å². The summed E-state index contributed by atoms with van der Waals surface area (Å²) in [5, 5.41) is 20.8. The summed E-state index contributed by atoms with van der Waals surface area (Å²) < 4.78 is 12.1. The van der Waals surface area contributed by atoms with Gasteiger partial charge in [-0.15, -0.1) is 0 Å². The van der Waals surface area contributed by atoms with Gasteiger partial charge in [-0.3, -0.25) is 0 Å². The molecular formula is C19H14O5. The normalized spacial score (nSPS) is 22.2. The molecule has 120 valence electrons. The van der Waals surface area contributed by atoms with Crippen LogP contribution in [0.3, 0.4) is 0 Å². The number of benzene rings is 2. The Hall–Kier alpha value is -3.05. The van der Waals surface area contributed by atoms with Crippen LogP contribution in [0.5, 0.6) is 11.5 Å². The monoisotopic (exact) mass is 322 g/mol. The van der Waals surface area contributed by atoms with Gasteiger partial charge in [0.1, 0.15) is 17.6 Å². The van der Waals surface area contributed by atoms with Gasteiger partial charge in [0.25, 0.3) is 5.79 Å². The quantitative estimate of drug-likeness (QED) is 0.657. The highest BCUT2D eigenvalue weighted by molar-refractivity contribution is 5.94. The Morgan fingerprint density at radius 3 is 2.42 bits per heavy atom. The molecule has 2 aromatic rings. The predicted molar refractivity (Wildman–Crippen MR) is 87.9 cm³/mol. The molecule has 0 saturated carbocycles. The zero-order chi connectivity index (χ0) is 16.7. The van der Waals surface area contributed by atoms with Crippen molar-refractivity contribution in [1.29, 1.82) is 0 Å². The molecule has 2 aliphatic rings. The number of carboxylic acid groups (broad SMARTS) is 1. The largest absolute Gasteiger partial charge is 0.478 e. The van der Waals surface area contributed by atoms with E-state index < -0.39 is 17.9 Å². The van der Waals surface area contributed by atoms with E-state index in [1.165, 1.54) is 12.2 Å². The van der Waals surface area contributed by atoms with Gasteiger partial charge in [0.15, 0.2) is 0 Å². The fraction of sp³-hybridized carbons (Fsp3) is 0.105. The second kappa shape index (κ2) is 5.25. The smallest absolute Gasteiger partial charge is 0.328 e.